The van der Waals surface area contributed by atoms with Gasteiger partial charge in [-0.3, -0.25) is 0 Å². The molecule has 1 atom stereocenters. The van der Waals surface area contributed by atoms with Gasteiger partial charge < -0.3 is 5.11 Å². The van der Waals surface area contributed by atoms with Crippen molar-refractivity contribution in [1.82, 2.24) is 0 Å². The maximum Gasteiger partial charge on any atom is 0.0580 e. The topological polar surface area (TPSA) is 20.2 Å². The third kappa shape index (κ3) is 2.89. The smallest absolute Gasteiger partial charge is 0.0580 e. The van der Waals surface area contributed by atoms with Crippen LogP contribution in [0.1, 0.15) is 32.1 Å². The van der Waals surface area contributed by atoms with Crippen LogP contribution in [-0.2, 0) is 0 Å². The van der Waals surface area contributed by atoms with Crippen molar-refractivity contribution in [2.24, 2.45) is 0 Å². The molecule has 1 heteroatoms. The maximum absolute atomic E-state index is 9.43. The van der Waals surface area contributed by atoms with Crippen molar-refractivity contribution in [3.05, 3.63) is 24.3 Å². The second-order valence-electron chi connectivity index (χ2n) is 3.13. The minimum Gasteiger partial charge on any atom is -0.393 e. The molecule has 1 N–H and O–H groups in total. The lowest BCUT2D eigenvalue weighted by molar-refractivity contribution is 0.160. The highest BCUT2D eigenvalue weighted by Crippen LogP contribution is 2.17. The summed E-state index contributed by atoms with van der Waals surface area (Å²) < 4.78 is 0. The van der Waals surface area contributed by atoms with Gasteiger partial charge in [0.1, 0.15) is 0 Å². The number of aliphatic hydroxyl groups is 1. The molecule has 1 aliphatic rings. The zero-order valence-corrected chi connectivity index (χ0v) is 6.92. The van der Waals surface area contributed by atoms with Gasteiger partial charge in [-0.05, 0) is 25.7 Å². The van der Waals surface area contributed by atoms with Crippen LogP contribution >= 0.6 is 0 Å². The molecule has 0 spiro atoms. The molecule has 0 amide bonds. The predicted molar refractivity (Wildman–Crippen MR) is 47.4 cm³/mol. The Morgan fingerprint density at radius 1 is 1.55 bits per heavy atom. The van der Waals surface area contributed by atoms with Crippen LogP contribution in [0.15, 0.2) is 24.3 Å². The molecule has 0 fully saturated rings. The Hall–Kier alpha value is -0.560. The molecule has 0 heterocycles. The van der Waals surface area contributed by atoms with Gasteiger partial charge in [-0.15, -0.1) is 0 Å². The van der Waals surface area contributed by atoms with Crippen LogP contribution in [0.2, 0.25) is 0 Å². The minimum atomic E-state index is -0.139. The average Bonchev–Trinajstić information content (AvgIpc) is 1.96. The van der Waals surface area contributed by atoms with Gasteiger partial charge in [0.25, 0.3) is 0 Å². The fourth-order valence-corrected chi connectivity index (χ4v) is 1.44. The van der Waals surface area contributed by atoms with Crippen molar-refractivity contribution in [3.8, 4) is 0 Å². The lowest BCUT2D eigenvalue weighted by atomic mass is 9.98. The van der Waals surface area contributed by atoms with E-state index in [0.717, 1.165) is 25.7 Å². The highest BCUT2D eigenvalue weighted by Gasteiger charge is 2.07. The van der Waals surface area contributed by atoms with E-state index < -0.39 is 0 Å². The Morgan fingerprint density at radius 2 is 2.36 bits per heavy atom. The summed E-state index contributed by atoms with van der Waals surface area (Å²) in [6, 6.07) is 0. The van der Waals surface area contributed by atoms with Crippen molar-refractivity contribution >= 4 is 0 Å². The van der Waals surface area contributed by atoms with E-state index >= 15 is 0 Å². The number of hydrogen-bond acceptors (Lipinski definition) is 1. The zero-order chi connectivity index (χ0) is 8.10. The normalized spacial score (nSPS) is 31.4. The highest BCUT2D eigenvalue weighted by atomic mass is 16.3. The van der Waals surface area contributed by atoms with E-state index in [1.165, 1.54) is 12.0 Å². The first-order valence-corrected chi connectivity index (χ1v) is 4.32. The van der Waals surface area contributed by atoms with E-state index in [4.69, 9.17) is 0 Å². The number of aliphatic hydroxyl groups excluding tert-OH is 1. The fourth-order valence-electron chi connectivity index (χ4n) is 1.44. The predicted octanol–water partition coefficient (Wildman–Crippen LogP) is 2.42. The van der Waals surface area contributed by atoms with E-state index in [2.05, 4.69) is 12.7 Å². The molecule has 0 aliphatic heterocycles. The minimum absolute atomic E-state index is 0.139. The molecule has 0 bridgehead atoms. The molecule has 0 saturated carbocycles. The molecule has 1 unspecified atom stereocenters. The van der Waals surface area contributed by atoms with Gasteiger partial charge in [0.15, 0.2) is 0 Å². The van der Waals surface area contributed by atoms with Gasteiger partial charge in [-0.1, -0.05) is 30.7 Å². The van der Waals surface area contributed by atoms with Gasteiger partial charge in [-0.2, -0.15) is 0 Å². The first kappa shape index (κ1) is 8.54. The fraction of sp³-hybridized carbons (Fsp3) is 0.600. The lowest BCUT2D eigenvalue weighted by Crippen LogP contribution is -2.08. The molecule has 0 radical (unpaired) electrons. The van der Waals surface area contributed by atoms with Crippen LogP contribution in [0.4, 0.5) is 0 Å². The molecular formula is C10H16O. The Bertz CT molecular complexity index is 158. The summed E-state index contributed by atoms with van der Waals surface area (Å²) in [7, 11) is 0. The highest BCUT2D eigenvalue weighted by molar-refractivity contribution is 5.17. The molecule has 11 heavy (non-hydrogen) atoms. The second-order valence-corrected chi connectivity index (χ2v) is 3.13. The van der Waals surface area contributed by atoms with Crippen molar-refractivity contribution in [3.63, 3.8) is 0 Å². The largest absolute Gasteiger partial charge is 0.393 e. The quantitative estimate of drug-likeness (QED) is 0.611. The molecule has 1 nitrogen and oxygen atoms in total. The summed E-state index contributed by atoms with van der Waals surface area (Å²) in [6.07, 6.45) is 9.16. The Labute approximate surface area is 68.4 Å². The Balaban J connectivity index is 2.53. The monoisotopic (exact) mass is 152 g/mol. The van der Waals surface area contributed by atoms with Gasteiger partial charge >= 0.3 is 0 Å². The first-order chi connectivity index (χ1) is 5.33. The Morgan fingerprint density at radius 3 is 3.09 bits per heavy atom. The van der Waals surface area contributed by atoms with Crippen molar-refractivity contribution in [2.45, 2.75) is 38.2 Å². The van der Waals surface area contributed by atoms with Crippen LogP contribution in [-0.4, -0.2) is 11.2 Å². The lowest BCUT2D eigenvalue weighted by Gasteiger charge is -2.13. The summed E-state index contributed by atoms with van der Waals surface area (Å²) in [4.78, 5) is 0. The van der Waals surface area contributed by atoms with Gasteiger partial charge in [-0.25, -0.2) is 0 Å². The maximum atomic E-state index is 9.43. The average molecular weight is 152 g/mol. The van der Waals surface area contributed by atoms with Crippen molar-refractivity contribution in [1.29, 1.82) is 0 Å². The molecular weight excluding hydrogens is 136 g/mol. The molecule has 62 valence electrons. The molecule has 1 rings (SSSR count). The standard InChI is InChI=1S/C10H16O/c1-2-9-6-4-3-5-7-10(11)8-9/h2,6,10-11H,1,3-5,7-8H2/b9-6-. The van der Waals surface area contributed by atoms with Gasteiger partial charge in [0.05, 0.1) is 6.10 Å². The van der Waals surface area contributed by atoms with E-state index in [9.17, 15) is 5.11 Å². The van der Waals surface area contributed by atoms with Crippen LogP contribution in [0.3, 0.4) is 0 Å². The molecule has 0 aromatic rings. The summed E-state index contributed by atoms with van der Waals surface area (Å²) in [5.41, 5.74) is 1.21. The zero-order valence-electron chi connectivity index (χ0n) is 6.92. The van der Waals surface area contributed by atoms with E-state index in [1.54, 1.807) is 0 Å². The molecule has 0 aromatic carbocycles. The van der Waals surface area contributed by atoms with Gasteiger partial charge in [0.2, 0.25) is 0 Å². The third-order valence-corrected chi connectivity index (χ3v) is 2.13. The van der Waals surface area contributed by atoms with Crippen LogP contribution in [0.25, 0.3) is 0 Å². The summed E-state index contributed by atoms with van der Waals surface area (Å²) in [6.45, 7) is 3.71. The summed E-state index contributed by atoms with van der Waals surface area (Å²) in [5.74, 6) is 0. The number of hydrogen-bond donors (Lipinski definition) is 1. The summed E-state index contributed by atoms with van der Waals surface area (Å²) >= 11 is 0. The molecule has 0 aromatic heterocycles. The van der Waals surface area contributed by atoms with Crippen molar-refractivity contribution in [2.75, 3.05) is 0 Å². The number of rotatable bonds is 1. The third-order valence-electron chi connectivity index (χ3n) is 2.13. The summed E-state index contributed by atoms with van der Waals surface area (Å²) in [5, 5.41) is 9.43. The van der Waals surface area contributed by atoms with Gasteiger partial charge in [0, 0.05) is 0 Å². The number of allylic oxidation sites excluding steroid dienone is 2. The molecule has 0 saturated heterocycles. The Kier molecular flexibility index (Phi) is 3.37. The van der Waals surface area contributed by atoms with E-state index in [0.29, 0.717) is 0 Å². The SMILES string of the molecule is C=C/C1=C/CCCCC(O)C1. The van der Waals surface area contributed by atoms with Crippen molar-refractivity contribution < 1.29 is 5.11 Å². The molecule has 1 aliphatic carbocycles. The van der Waals surface area contributed by atoms with E-state index in [-0.39, 0.29) is 6.10 Å². The van der Waals surface area contributed by atoms with Crippen LogP contribution in [0.5, 0.6) is 0 Å². The second kappa shape index (κ2) is 4.35. The van der Waals surface area contributed by atoms with Crippen LogP contribution in [0, 0.1) is 0 Å². The first-order valence-electron chi connectivity index (χ1n) is 4.32. The van der Waals surface area contributed by atoms with E-state index in [1.807, 2.05) is 6.08 Å². The van der Waals surface area contributed by atoms with Crippen LogP contribution < -0.4 is 0 Å².